The van der Waals surface area contributed by atoms with Crippen molar-refractivity contribution >= 4 is 23.4 Å². The number of benzene rings is 1. The molecule has 0 spiro atoms. The van der Waals surface area contributed by atoms with Crippen LogP contribution in [0.25, 0.3) is 0 Å². The first kappa shape index (κ1) is 48.2. The molecule has 14 nitrogen and oxygen atoms in total. The number of aliphatic hydroxyl groups is 3. The summed E-state index contributed by atoms with van der Waals surface area (Å²) >= 11 is 0. The molecule has 0 amide bonds. The Morgan fingerprint density at radius 3 is 2.27 bits per heavy atom. The molecule has 14 unspecified atom stereocenters. The molecule has 59 heavy (non-hydrogen) atoms. The number of likely N-dealkylation sites (N-methyl/N-ethyl adjacent to an activating group) is 1. The van der Waals surface area contributed by atoms with Gasteiger partial charge in [-0.3, -0.25) is 9.59 Å². The van der Waals surface area contributed by atoms with Gasteiger partial charge in [0.15, 0.2) is 6.29 Å². The van der Waals surface area contributed by atoms with E-state index in [1.807, 2.05) is 77.9 Å². The number of carbonyl (C=O) groups is 2. The first-order chi connectivity index (χ1) is 27.6. The van der Waals surface area contributed by atoms with Crippen molar-refractivity contribution in [2.45, 2.75) is 155 Å². The van der Waals surface area contributed by atoms with Crippen LogP contribution in [0.1, 0.15) is 98.5 Å². The van der Waals surface area contributed by atoms with E-state index in [-0.39, 0.29) is 31.4 Å². The van der Waals surface area contributed by atoms with Crippen LogP contribution >= 0.6 is 0 Å². The van der Waals surface area contributed by atoms with Crippen molar-refractivity contribution in [3.8, 4) is 0 Å². The topological polar surface area (TPSA) is 182 Å². The molecule has 2 fully saturated rings. The first-order valence-corrected chi connectivity index (χ1v) is 20.9. The summed E-state index contributed by atoms with van der Waals surface area (Å²) in [7, 11) is 5.32. The molecule has 2 aromatic rings. The van der Waals surface area contributed by atoms with Crippen LogP contribution in [0.3, 0.4) is 0 Å². The number of ether oxygens (including phenoxy) is 5. The fourth-order valence-electron chi connectivity index (χ4n) is 8.72. The van der Waals surface area contributed by atoms with Gasteiger partial charge >= 0.3 is 11.9 Å². The van der Waals surface area contributed by atoms with Crippen molar-refractivity contribution in [2.24, 2.45) is 33.9 Å². The minimum Gasteiger partial charge on any atom is -0.463 e. The molecule has 0 saturated carbocycles. The molecule has 330 valence electrons. The zero-order valence-corrected chi connectivity index (χ0v) is 37.2. The number of esters is 2. The lowest BCUT2D eigenvalue weighted by Crippen LogP contribution is -2.60. The zero-order valence-electron chi connectivity index (χ0n) is 37.2. The number of furan rings is 1. The third kappa shape index (κ3) is 11.5. The van der Waals surface area contributed by atoms with E-state index in [2.05, 4.69) is 5.10 Å². The molecule has 0 aliphatic carbocycles. The Hall–Kier alpha value is -3.50. The molecule has 14 heteroatoms. The smallest absolute Gasteiger partial charge is 0.312 e. The van der Waals surface area contributed by atoms with Crippen LogP contribution in [0.4, 0.5) is 0 Å². The lowest BCUT2D eigenvalue weighted by Gasteiger charge is -2.48. The minimum absolute atomic E-state index is 0.0595. The summed E-state index contributed by atoms with van der Waals surface area (Å²) in [5.74, 6) is -3.96. The average Bonchev–Trinajstić information content (AvgIpc) is 3.74. The Balaban J connectivity index is 1.91. The number of nitrogens with zero attached hydrogens (tertiary/aromatic N) is 3. The number of hydrogen-bond acceptors (Lipinski definition) is 14. The van der Waals surface area contributed by atoms with E-state index in [0.717, 1.165) is 11.1 Å². The largest absolute Gasteiger partial charge is 0.463 e. The molecule has 1 aromatic heterocycles. The van der Waals surface area contributed by atoms with E-state index < -0.39 is 83.6 Å². The van der Waals surface area contributed by atoms with Gasteiger partial charge < -0.3 is 48.3 Å². The second-order valence-corrected chi connectivity index (χ2v) is 17.5. The molecule has 2 aliphatic rings. The van der Waals surface area contributed by atoms with E-state index in [9.17, 15) is 24.9 Å². The van der Waals surface area contributed by atoms with E-state index in [1.165, 1.54) is 13.2 Å². The van der Waals surface area contributed by atoms with Crippen LogP contribution in [-0.2, 0) is 39.7 Å². The van der Waals surface area contributed by atoms with E-state index in [1.54, 1.807) is 46.9 Å². The highest BCUT2D eigenvalue weighted by molar-refractivity contribution is 5.97. The molecule has 1 aromatic carbocycles. The number of carbonyl (C=O) groups excluding carboxylic acids is 2. The second kappa shape index (κ2) is 20.4. The fraction of sp³-hybridized carbons (Fsp3) is 0.689. The maximum absolute atomic E-state index is 14.3. The number of hydrogen-bond donors (Lipinski definition) is 3. The van der Waals surface area contributed by atoms with Crippen molar-refractivity contribution in [3.63, 3.8) is 0 Å². The molecular weight excluding hydrogens is 759 g/mol. The van der Waals surface area contributed by atoms with Gasteiger partial charge in [-0.2, -0.15) is 10.2 Å². The van der Waals surface area contributed by atoms with Crippen molar-refractivity contribution in [1.29, 1.82) is 0 Å². The van der Waals surface area contributed by atoms with Gasteiger partial charge in [0, 0.05) is 30.7 Å². The highest BCUT2D eigenvalue weighted by Gasteiger charge is 2.52. The standard InChI is InChI=1S/C45H69N3O11/c1-14-35-45(10,53)40(51)28(5)37(47-46-31(8)34-16-15-21-55-34)26(3)24-44(9,54-13)41(59-43-38(50)33(48(11)12)22-27(4)56-43)29(6)39(30(7)42(52)57-35)58-36(49)23-32-19-17-25(2)18-20-32/h15-21,26-30,33,35,38-41,43,50-51,53H,14,22-24H2,1-13H3. The van der Waals surface area contributed by atoms with E-state index >= 15 is 0 Å². The molecule has 14 atom stereocenters. The summed E-state index contributed by atoms with van der Waals surface area (Å²) in [5, 5.41) is 45.0. The molecule has 0 bridgehead atoms. The Morgan fingerprint density at radius 2 is 1.69 bits per heavy atom. The summed E-state index contributed by atoms with van der Waals surface area (Å²) in [4.78, 5) is 30.1. The van der Waals surface area contributed by atoms with Gasteiger partial charge in [-0.05, 0) is 98.5 Å². The van der Waals surface area contributed by atoms with Gasteiger partial charge in [-0.1, -0.05) is 57.5 Å². The number of methoxy groups -OCH3 is 1. The normalized spacial score (nSPS) is 37.5. The summed E-state index contributed by atoms with van der Waals surface area (Å²) < 4.78 is 37.5. The maximum Gasteiger partial charge on any atom is 0.312 e. The lowest BCUT2D eigenvalue weighted by atomic mass is 9.73. The summed E-state index contributed by atoms with van der Waals surface area (Å²) in [6.45, 7) is 17.8. The van der Waals surface area contributed by atoms with Gasteiger partial charge in [0.2, 0.25) is 0 Å². The molecule has 2 aliphatic heterocycles. The lowest BCUT2D eigenvalue weighted by molar-refractivity contribution is -0.301. The highest BCUT2D eigenvalue weighted by Crippen LogP contribution is 2.40. The van der Waals surface area contributed by atoms with E-state index in [0.29, 0.717) is 23.6 Å². The molecule has 2 saturated heterocycles. The predicted molar refractivity (Wildman–Crippen MR) is 224 cm³/mol. The molecule has 3 N–H and O–H groups in total. The van der Waals surface area contributed by atoms with Gasteiger partial charge in [0.05, 0.1) is 42.5 Å². The molecule has 4 rings (SSSR count). The first-order valence-electron chi connectivity index (χ1n) is 20.9. The minimum atomic E-state index is -1.94. The second-order valence-electron chi connectivity index (χ2n) is 17.5. The quantitative estimate of drug-likeness (QED) is 0.156. The Morgan fingerprint density at radius 1 is 1.03 bits per heavy atom. The zero-order chi connectivity index (χ0) is 44.0. The number of rotatable bonds is 10. The third-order valence-electron chi connectivity index (χ3n) is 12.5. The number of cyclic esters (lactones) is 1. The predicted octanol–water partition coefficient (Wildman–Crippen LogP) is 5.51. The highest BCUT2D eigenvalue weighted by atomic mass is 16.7. The Labute approximate surface area is 350 Å². The Kier molecular flexibility index (Phi) is 16.6. The van der Waals surface area contributed by atoms with Crippen LogP contribution in [-0.4, -0.2) is 125 Å². The van der Waals surface area contributed by atoms with Crippen molar-refractivity contribution in [3.05, 3.63) is 59.5 Å². The Bertz CT molecular complexity index is 1730. The van der Waals surface area contributed by atoms with Gasteiger partial charge in [-0.25, -0.2) is 0 Å². The van der Waals surface area contributed by atoms with Crippen LogP contribution in [0.2, 0.25) is 0 Å². The van der Waals surface area contributed by atoms with Crippen molar-refractivity contribution in [2.75, 3.05) is 21.2 Å². The third-order valence-corrected chi connectivity index (χ3v) is 12.5. The van der Waals surface area contributed by atoms with E-state index in [4.69, 9.17) is 33.2 Å². The average molecular weight is 828 g/mol. The van der Waals surface area contributed by atoms with Gasteiger partial charge in [0.1, 0.15) is 35.4 Å². The number of aliphatic hydroxyl groups excluding tert-OH is 2. The SMILES string of the molecule is CCC1OC(=O)C(C)C(OC(=O)Cc2ccc(C)cc2)C(C)C(OC2OC(C)CC(N(C)C)C2O)C(C)(OC)CC(C)C(=NN=C(C)c2ccco2)C(C)C(O)C1(C)O. The van der Waals surface area contributed by atoms with Gasteiger partial charge in [-0.15, -0.1) is 0 Å². The van der Waals surface area contributed by atoms with Crippen molar-refractivity contribution < 1.29 is 53.0 Å². The van der Waals surface area contributed by atoms with Crippen molar-refractivity contribution in [1.82, 2.24) is 4.90 Å². The van der Waals surface area contributed by atoms with Crippen LogP contribution in [0, 0.1) is 30.6 Å². The summed E-state index contributed by atoms with van der Waals surface area (Å²) in [5.41, 5.74) is -0.493. The summed E-state index contributed by atoms with van der Waals surface area (Å²) in [6.07, 6.45) is -4.82. The number of aryl methyl sites for hydroxylation is 1. The molecule has 3 heterocycles. The molecular formula is C45H69N3O11. The monoisotopic (exact) mass is 827 g/mol. The van der Waals surface area contributed by atoms with Crippen LogP contribution < -0.4 is 0 Å². The van der Waals surface area contributed by atoms with Crippen LogP contribution in [0.15, 0.2) is 57.3 Å². The fourth-order valence-corrected chi connectivity index (χ4v) is 8.72. The molecule has 0 radical (unpaired) electrons. The summed E-state index contributed by atoms with van der Waals surface area (Å²) in [6, 6.07) is 10.7. The van der Waals surface area contributed by atoms with Gasteiger partial charge in [0.25, 0.3) is 0 Å². The maximum atomic E-state index is 14.3. The van der Waals surface area contributed by atoms with Crippen LogP contribution in [0.5, 0.6) is 0 Å².